The molecule has 2 aromatic rings. The lowest BCUT2D eigenvalue weighted by molar-refractivity contribution is -0.130. The summed E-state index contributed by atoms with van der Waals surface area (Å²) in [6.45, 7) is 1.50. The standard InChI is InChI=1S/C25H26N2O3/c1-25(21-12-11-17-7-4-8-19(17)14-21)23(29)27(24(30)26-25)15-22(28)20-10-9-16-5-2-3-6-18(16)13-20/h9-14H,2-8,15H2,1H3,(H,26,30). The molecule has 1 unspecified atom stereocenters. The summed E-state index contributed by atoms with van der Waals surface area (Å²) in [5.41, 5.74) is 5.31. The zero-order valence-electron chi connectivity index (χ0n) is 17.3. The fourth-order valence-corrected chi connectivity index (χ4v) is 5.06. The van der Waals surface area contributed by atoms with Gasteiger partial charge in [0.2, 0.25) is 0 Å². The fourth-order valence-electron chi connectivity index (χ4n) is 5.06. The van der Waals surface area contributed by atoms with E-state index in [1.54, 1.807) is 6.92 Å². The Hall–Kier alpha value is -2.95. The van der Waals surface area contributed by atoms with E-state index < -0.39 is 11.6 Å². The molecule has 1 N–H and O–H groups in total. The number of carbonyl (C=O) groups excluding carboxylic acids is 3. The van der Waals surface area contributed by atoms with Gasteiger partial charge in [-0.1, -0.05) is 30.3 Å². The number of nitrogens with zero attached hydrogens (tertiary/aromatic N) is 1. The number of hydrogen-bond donors (Lipinski definition) is 1. The molecule has 1 aliphatic heterocycles. The van der Waals surface area contributed by atoms with Crippen LogP contribution in [0.5, 0.6) is 0 Å². The molecular weight excluding hydrogens is 376 g/mol. The third-order valence-electron chi connectivity index (χ3n) is 6.92. The molecule has 0 aromatic heterocycles. The van der Waals surface area contributed by atoms with Crippen molar-refractivity contribution in [2.45, 2.75) is 57.4 Å². The molecule has 1 heterocycles. The topological polar surface area (TPSA) is 66.5 Å². The monoisotopic (exact) mass is 402 g/mol. The van der Waals surface area contributed by atoms with Crippen LogP contribution in [0.3, 0.4) is 0 Å². The quantitative estimate of drug-likeness (QED) is 0.626. The Bertz CT molecular complexity index is 1070. The van der Waals surface area contributed by atoms with Gasteiger partial charge in [-0.15, -0.1) is 0 Å². The molecule has 1 saturated heterocycles. The Balaban J connectivity index is 1.37. The molecule has 2 aromatic carbocycles. The average molecular weight is 402 g/mol. The van der Waals surface area contributed by atoms with Gasteiger partial charge in [0.15, 0.2) is 5.78 Å². The number of Topliss-reactive ketones (excluding diaryl/α,β-unsaturated/α-hetero) is 1. The van der Waals surface area contributed by atoms with Crippen molar-refractivity contribution in [1.29, 1.82) is 0 Å². The lowest BCUT2D eigenvalue weighted by Gasteiger charge is -2.23. The normalized spacial score (nSPS) is 22.6. The molecule has 5 nitrogen and oxygen atoms in total. The number of benzene rings is 2. The Kier molecular flexibility index (Phi) is 4.49. The number of ketones is 1. The number of carbonyl (C=O) groups is 3. The van der Waals surface area contributed by atoms with E-state index in [-0.39, 0.29) is 18.2 Å². The van der Waals surface area contributed by atoms with Gasteiger partial charge in [-0.3, -0.25) is 14.5 Å². The van der Waals surface area contributed by atoms with Gasteiger partial charge in [-0.05, 0) is 85.8 Å². The predicted octanol–water partition coefficient (Wildman–Crippen LogP) is 3.70. The van der Waals surface area contributed by atoms with E-state index in [2.05, 4.69) is 11.4 Å². The van der Waals surface area contributed by atoms with E-state index in [1.165, 1.54) is 28.7 Å². The van der Waals surface area contributed by atoms with Gasteiger partial charge in [0, 0.05) is 5.56 Å². The van der Waals surface area contributed by atoms with Crippen molar-refractivity contribution < 1.29 is 14.4 Å². The van der Waals surface area contributed by atoms with E-state index in [0.717, 1.165) is 49.0 Å². The molecule has 5 rings (SSSR count). The first-order chi connectivity index (χ1) is 14.5. The lowest BCUT2D eigenvalue weighted by Crippen LogP contribution is -2.41. The number of nitrogens with one attached hydrogen (secondary N) is 1. The maximum absolute atomic E-state index is 13.2. The molecule has 3 aliphatic rings. The first-order valence-corrected chi connectivity index (χ1v) is 10.9. The highest BCUT2D eigenvalue weighted by Crippen LogP contribution is 2.33. The molecular formula is C25H26N2O3. The number of amides is 3. The molecule has 1 fully saturated rings. The summed E-state index contributed by atoms with van der Waals surface area (Å²) in [5, 5.41) is 2.83. The van der Waals surface area contributed by atoms with E-state index in [9.17, 15) is 14.4 Å². The molecule has 0 saturated carbocycles. The van der Waals surface area contributed by atoms with Crippen LogP contribution in [0.15, 0.2) is 36.4 Å². The van der Waals surface area contributed by atoms with Crippen molar-refractivity contribution in [2.24, 2.45) is 0 Å². The van der Waals surface area contributed by atoms with Gasteiger partial charge in [-0.25, -0.2) is 4.79 Å². The summed E-state index contributed by atoms with van der Waals surface area (Å²) < 4.78 is 0. The number of imide groups is 1. The molecule has 5 heteroatoms. The summed E-state index contributed by atoms with van der Waals surface area (Å²) in [6.07, 6.45) is 7.54. The molecule has 2 aliphatic carbocycles. The van der Waals surface area contributed by atoms with Crippen LogP contribution in [0.25, 0.3) is 0 Å². The predicted molar refractivity (Wildman–Crippen MR) is 113 cm³/mol. The number of aryl methyl sites for hydroxylation is 4. The fraction of sp³-hybridized carbons (Fsp3) is 0.400. The number of urea groups is 1. The molecule has 0 spiro atoms. The summed E-state index contributed by atoms with van der Waals surface area (Å²) in [7, 11) is 0. The third-order valence-corrected chi connectivity index (χ3v) is 6.92. The summed E-state index contributed by atoms with van der Waals surface area (Å²) >= 11 is 0. The molecule has 3 amide bonds. The minimum Gasteiger partial charge on any atom is -0.319 e. The van der Waals surface area contributed by atoms with Gasteiger partial charge < -0.3 is 5.32 Å². The highest BCUT2D eigenvalue weighted by atomic mass is 16.2. The maximum atomic E-state index is 13.2. The number of fused-ring (bicyclic) bond motifs is 2. The van der Waals surface area contributed by atoms with Crippen LogP contribution in [0.4, 0.5) is 4.79 Å². The zero-order chi connectivity index (χ0) is 20.9. The zero-order valence-corrected chi connectivity index (χ0v) is 17.3. The molecule has 0 bridgehead atoms. The SMILES string of the molecule is CC1(c2ccc3c(c2)CCC3)NC(=O)N(CC(=O)c2ccc3c(c2)CCCC3)C1=O. The second-order valence-corrected chi connectivity index (χ2v) is 8.90. The van der Waals surface area contributed by atoms with E-state index in [1.807, 2.05) is 30.3 Å². The van der Waals surface area contributed by atoms with Crippen LogP contribution in [0, 0.1) is 0 Å². The largest absolute Gasteiger partial charge is 0.325 e. The molecule has 154 valence electrons. The van der Waals surface area contributed by atoms with Crippen LogP contribution in [-0.2, 0) is 36.0 Å². The third kappa shape index (κ3) is 3.04. The van der Waals surface area contributed by atoms with Crippen LogP contribution >= 0.6 is 0 Å². The second-order valence-electron chi connectivity index (χ2n) is 8.90. The smallest absolute Gasteiger partial charge is 0.319 e. The highest BCUT2D eigenvalue weighted by Gasteiger charge is 2.49. The first-order valence-electron chi connectivity index (χ1n) is 10.9. The van der Waals surface area contributed by atoms with Gasteiger partial charge >= 0.3 is 6.03 Å². The number of hydrogen-bond acceptors (Lipinski definition) is 3. The minimum absolute atomic E-state index is 0.204. The van der Waals surface area contributed by atoms with Crippen LogP contribution in [0.1, 0.15) is 64.4 Å². The lowest BCUT2D eigenvalue weighted by atomic mass is 9.89. The minimum atomic E-state index is -1.13. The Morgan fingerprint density at radius 2 is 1.53 bits per heavy atom. The van der Waals surface area contributed by atoms with Gasteiger partial charge in [0.25, 0.3) is 5.91 Å². The molecule has 30 heavy (non-hydrogen) atoms. The molecule has 1 atom stereocenters. The van der Waals surface area contributed by atoms with E-state index in [4.69, 9.17) is 0 Å². The second kappa shape index (κ2) is 7.08. The van der Waals surface area contributed by atoms with Crippen molar-refractivity contribution in [2.75, 3.05) is 6.54 Å². The Labute approximate surface area is 176 Å². The van der Waals surface area contributed by atoms with Gasteiger partial charge in [-0.2, -0.15) is 0 Å². The highest BCUT2D eigenvalue weighted by molar-refractivity contribution is 6.11. The Morgan fingerprint density at radius 3 is 2.33 bits per heavy atom. The van der Waals surface area contributed by atoms with E-state index >= 15 is 0 Å². The van der Waals surface area contributed by atoms with E-state index in [0.29, 0.717) is 5.56 Å². The van der Waals surface area contributed by atoms with Crippen LogP contribution in [-0.4, -0.2) is 29.2 Å². The van der Waals surface area contributed by atoms with Gasteiger partial charge in [0.1, 0.15) is 5.54 Å². The summed E-state index contributed by atoms with van der Waals surface area (Å²) in [6, 6.07) is 11.3. The summed E-state index contributed by atoms with van der Waals surface area (Å²) in [4.78, 5) is 39.8. The van der Waals surface area contributed by atoms with Crippen molar-refractivity contribution in [1.82, 2.24) is 10.2 Å². The molecule has 0 radical (unpaired) electrons. The van der Waals surface area contributed by atoms with Gasteiger partial charge in [0.05, 0.1) is 6.54 Å². The summed E-state index contributed by atoms with van der Waals surface area (Å²) in [5.74, 6) is -0.568. The average Bonchev–Trinajstić information content (AvgIpc) is 3.31. The first kappa shape index (κ1) is 19.0. The van der Waals surface area contributed by atoms with Crippen molar-refractivity contribution >= 4 is 17.7 Å². The van der Waals surface area contributed by atoms with Crippen molar-refractivity contribution in [3.63, 3.8) is 0 Å². The number of rotatable bonds is 4. The van der Waals surface area contributed by atoms with Crippen LogP contribution < -0.4 is 5.32 Å². The van der Waals surface area contributed by atoms with Crippen molar-refractivity contribution in [3.8, 4) is 0 Å². The van der Waals surface area contributed by atoms with Crippen molar-refractivity contribution in [3.05, 3.63) is 69.8 Å². The Morgan fingerprint density at radius 1 is 0.900 bits per heavy atom. The van der Waals surface area contributed by atoms with Crippen LogP contribution in [0.2, 0.25) is 0 Å². The maximum Gasteiger partial charge on any atom is 0.325 e.